The van der Waals surface area contributed by atoms with Gasteiger partial charge in [0.2, 0.25) is 0 Å². The maximum Gasteiger partial charge on any atom is 0.278 e. The molecule has 3 nitrogen and oxygen atoms in total. The minimum atomic E-state index is -2.48. The molecule has 0 spiro atoms. The van der Waals surface area contributed by atoms with Crippen LogP contribution in [0.1, 0.15) is 52.4 Å². The van der Waals surface area contributed by atoms with Gasteiger partial charge in [0.15, 0.2) is 0 Å². The maximum absolute atomic E-state index is 9.02. The highest BCUT2D eigenvalue weighted by Crippen LogP contribution is 2.23. The van der Waals surface area contributed by atoms with E-state index < -0.39 is 11.9 Å². The van der Waals surface area contributed by atoms with Crippen molar-refractivity contribution < 1.29 is 15.3 Å². The molecule has 0 rings (SSSR count). The van der Waals surface area contributed by atoms with E-state index in [9.17, 15) is 0 Å². The van der Waals surface area contributed by atoms with E-state index in [0.717, 1.165) is 25.7 Å². The molecule has 0 saturated carbocycles. The van der Waals surface area contributed by atoms with Gasteiger partial charge in [-0.1, -0.05) is 39.5 Å². The van der Waals surface area contributed by atoms with E-state index in [0.29, 0.717) is 12.8 Å². The van der Waals surface area contributed by atoms with Gasteiger partial charge in [-0.2, -0.15) is 0 Å². The number of hydrogen-bond donors (Lipinski definition) is 3. The molecular formula is C10H22O3. The lowest BCUT2D eigenvalue weighted by Gasteiger charge is -2.25. The van der Waals surface area contributed by atoms with E-state index in [2.05, 4.69) is 6.92 Å². The largest absolute Gasteiger partial charge is 0.343 e. The zero-order chi connectivity index (χ0) is 10.3. The number of hydrogen-bond acceptors (Lipinski definition) is 3. The molecule has 13 heavy (non-hydrogen) atoms. The first-order valence-corrected chi connectivity index (χ1v) is 5.19. The predicted octanol–water partition coefficient (Wildman–Crippen LogP) is 1.61. The van der Waals surface area contributed by atoms with Crippen molar-refractivity contribution in [2.75, 3.05) is 0 Å². The fourth-order valence-corrected chi connectivity index (χ4v) is 1.52. The molecule has 0 bridgehead atoms. The Bertz CT molecular complexity index is 118. The monoisotopic (exact) mass is 190 g/mol. The van der Waals surface area contributed by atoms with Gasteiger partial charge in [0.05, 0.1) is 0 Å². The molecule has 3 N–H and O–H groups in total. The van der Waals surface area contributed by atoms with Gasteiger partial charge >= 0.3 is 0 Å². The molecule has 1 unspecified atom stereocenters. The summed E-state index contributed by atoms with van der Waals surface area (Å²) < 4.78 is 0. The number of unbranched alkanes of at least 4 members (excludes halogenated alkanes) is 2. The van der Waals surface area contributed by atoms with E-state index in [4.69, 9.17) is 15.3 Å². The molecule has 1 atom stereocenters. The van der Waals surface area contributed by atoms with Crippen LogP contribution in [0.5, 0.6) is 0 Å². The third-order valence-electron chi connectivity index (χ3n) is 2.34. The van der Waals surface area contributed by atoms with Gasteiger partial charge in [0.1, 0.15) is 0 Å². The molecule has 0 aromatic heterocycles. The Balaban J connectivity index is 3.81. The normalized spacial score (nSPS) is 14.5. The van der Waals surface area contributed by atoms with Gasteiger partial charge in [-0.25, -0.2) is 0 Å². The summed E-state index contributed by atoms with van der Waals surface area (Å²) in [6, 6.07) is 0. The summed E-state index contributed by atoms with van der Waals surface area (Å²) in [5, 5.41) is 27.1. The van der Waals surface area contributed by atoms with Crippen molar-refractivity contribution in [3.63, 3.8) is 0 Å². The minimum Gasteiger partial charge on any atom is -0.343 e. The van der Waals surface area contributed by atoms with E-state index in [1.54, 1.807) is 0 Å². The van der Waals surface area contributed by atoms with Crippen LogP contribution >= 0.6 is 0 Å². The van der Waals surface area contributed by atoms with E-state index in [1.807, 2.05) is 6.92 Å². The SMILES string of the molecule is CCCCCC(CCC)C(O)(O)O. The Hall–Kier alpha value is -0.120. The van der Waals surface area contributed by atoms with E-state index in [1.165, 1.54) is 0 Å². The highest BCUT2D eigenvalue weighted by atomic mass is 16.7. The van der Waals surface area contributed by atoms with Crippen molar-refractivity contribution in [1.82, 2.24) is 0 Å². The molecule has 0 fully saturated rings. The van der Waals surface area contributed by atoms with Crippen LogP contribution in [-0.4, -0.2) is 21.3 Å². The van der Waals surface area contributed by atoms with Crippen molar-refractivity contribution in [3.8, 4) is 0 Å². The smallest absolute Gasteiger partial charge is 0.278 e. The van der Waals surface area contributed by atoms with Crippen molar-refractivity contribution in [3.05, 3.63) is 0 Å². The van der Waals surface area contributed by atoms with Gasteiger partial charge in [0.25, 0.3) is 5.97 Å². The first-order valence-electron chi connectivity index (χ1n) is 5.19. The molecular weight excluding hydrogens is 168 g/mol. The summed E-state index contributed by atoms with van der Waals surface area (Å²) in [5.41, 5.74) is 0. The average Bonchev–Trinajstić information content (AvgIpc) is 2.01. The van der Waals surface area contributed by atoms with Gasteiger partial charge in [-0.05, 0) is 12.8 Å². The van der Waals surface area contributed by atoms with E-state index >= 15 is 0 Å². The molecule has 0 radical (unpaired) electrons. The Morgan fingerprint density at radius 2 is 1.54 bits per heavy atom. The van der Waals surface area contributed by atoms with Crippen molar-refractivity contribution in [1.29, 1.82) is 0 Å². The molecule has 0 aromatic carbocycles. The summed E-state index contributed by atoms with van der Waals surface area (Å²) in [6.45, 7) is 4.07. The number of rotatable bonds is 7. The standard InChI is InChI=1S/C10H22O3/c1-3-5-6-8-9(7-4-2)10(11,12)13/h9,11-13H,3-8H2,1-2H3. The predicted molar refractivity (Wildman–Crippen MR) is 51.9 cm³/mol. The van der Waals surface area contributed by atoms with Crippen LogP contribution in [0.15, 0.2) is 0 Å². The molecule has 3 heteroatoms. The lowest BCUT2D eigenvalue weighted by atomic mass is 9.94. The fraction of sp³-hybridized carbons (Fsp3) is 1.00. The zero-order valence-corrected chi connectivity index (χ0v) is 8.66. The van der Waals surface area contributed by atoms with Crippen LogP contribution < -0.4 is 0 Å². The first-order chi connectivity index (χ1) is 6.02. The van der Waals surface area contributed by atoms with E-state index in [-0.39, 0.29) is 0 Å². The third kappa shape index (κ3) is 6.02. The summed E-state index contributed by atoms with van der Waals surface area (Å²) in [6.07, 6.45) is 5.34. The summed E-state index contributed by atoms with van der Waals surface area (Å²) in [5.74, 6) is -2.88. The second-order valence-electron chi connectivity index (χ2n) is 3.67. The Kier molecular flexibility index (Phi) is 6.29. The molecule has 0 amide bonds. The van der Waals surface area contributed by atoms with Crippen molar-refractivity contribution in [2.24, 2.45) is 5.92 Å². The van der Waals surface area contributed by atoms with Crippen LogP contribution in [0.2, 0.25) is 0 Å². The van der Waals surface area contributed by atoms with Gasteiger partial charge < -0.3 is 15.3 Å². The molecule has 0 aliphatic carbocycles. The second kappa shape index (κ2) is 6.35. The Morgan fingerprint density at radius 3 is 1.92 bits per heavy atom. The maximum atomic E-state index is 9.02. The van der Waals surface area contributed by atoms with Crippen LogP contribution in [-0.2, 0) is 0 Å². The van der Waals surface area contributed by atoms with Gasteiger partial charge in [-0.3, -0.25) is 0 Å². The van der Waals surface area contributed by atoms with Gasteiger partial charge in [-0.15, -0.1) is 0 Å². The first kappa shape index (κ1) is 12.9. The topological polar surface area (TPSA) is 60.7 Å². The highest BCUT2D eigenvalue weighted by molar-refractivity contribution is 4.65. The van der Waals surface area contributed by atoms with Crippen LogP contribution in [0.25, 0.3) is 0 Å². The molecule has 0 aliphatic rings. The zero-order valence-electron chi connectivity index (χ0n) is 8.66. The summed E-state index contributed by atoms with van der Waals surface area (Å²) in [4.78, 5) is 0. The molecule has 80 valence electrons. The van der Waals surface area contributed by atoms with Crippen molar-refractivity contribution >= 4 is 0 Å². The third-order valence-corrected chi connectivity index (χ3v) is 2.34. The molecule has 0 aliphatic heterocycles. The number of aliphatic hydroxyl groups is 3. The van der Waals surface area contributed by atoms with Gasteiger partial charge in [0, 0.05) is 5.92 Å². The van der Waals surface area contributed by atoms with Crippen LogP contribution in [0.3, 0.4) is 0 Å². The summed E-state index contributed by atoms with van der Waals surface area (Å²) in [7, 11) is 0. The average molecular weight is 190 g/mol. The minimum absolute atomic E-state index is 0.399. The summed E-state index contributed by atoms with van der Waals surface area (Å²) >= 11 is 0. The van der Waals surface area contributed by atoms with Crippen LogP contribution in [0, 0.1) is 5.92 Å². The lowest BCUT2D eigenvalue weighted by Crippen LogP contribution is -2.37. The highest BCUT2D eigenvalue weighted by Gasteiger charge is 2.30. The molecule has 0 aromatic rings. The van der Waals surface area contributed by atoms with Crippen LogP contribution in [0.4, 0.5) is 0 Å². The Labute approximate surface area is 80.4 Å². The Morgan fingerprint density at radius 1 is 0.923 bits per heavy atom. The second-order valence-corrected chi connectivity index (χ2v) is 3.67. The lowest BCUT2D eigenvalue weighted by molar-refractivity contribution is -0.344. The molecule has 0 heterocycles. The fourth-order valence-electron chi connectivity index (χ4n) is 1.52. The van der Waals surface area contributed by atoms with Crippen molar-refractivity contribution in [2.45, 2.75) is 58.3 Å². The molecule has 0 saturated heterocycles. The quantitative estimate of drug-likeness (QED) is 0.422.